The first-order valence-corrected chi connectivity index (χ1v) is 15.5. The van der Waals surface area contributed by atoms with Gasteiger partial charge in [0.25, 0.3) is 0 Å². The van der Waals surface area contributed by atoms with Crippen molar-refractivity contribution in [2.75, 3.05) is 23.7 Å². The third kappa shape index (κ3) is 8.83. The second-order valence-corrected chi connectivity index (χ2v) is 12.9. The highest BCUT2D eigenvalue weighted by Gasteiger charge is 2.33. The normalized spacial score (nSPS) is 12.2. The lowest BCUT2D eigenvalue weighted by Gasteiger charge is -2.34. The van der Waals surface area contributed by atoms with Crippen molar-refractivity contribution in [1.29, 1.82) is 0 Å². The molecule has 0 fully saturated rings. The fraction of sp³-hybridized carbons (Fsp3) is 0.355. The summed E-state index contributed by atoms with van der Waals surface area (Å²) in [7, 11) is -3.82. The molecule has 1 N–H and O–H groups in total. The highest BCUT2D eigenvalue weighted by Crippen LogP contribution is 2.25. The van der Waals surface area contributed by atoms with Gasteiger partial charge in [-0.1, -0.05) is 85.6 Å². The molecule has 1 atom stereocenters. The highest BCUT2D eigenvalue weighted by molar-refractivity contribution is 7.92. The lowest BCUT2D eigenvalue weighted by molar-refractivity contribution is -0.140. The van der Waals surface area contributed by atoms with Crippen molar-refractivity contribution >= 4 is 39.1 Å². The lowest BCUT2D eigenvalue weighted by Crippen LogP contribution is -2.53. The van der Waals surface area contributed by atoms with E-state index in [-0.39, 0.29) is 24.8 Å². The Morgan fingerprint density at radius 3 is 2.15 bits per heavy atom. The smallest absolute Gasteiger partial charge is 0.244 e. The SMILES string of the molecule is Cc1ccc(N(CC(=O)N(Cc2ccc(Cl)cc2)C(Cc2ccccc2)C(=O)NCC(C)C)S(C)(=O)=O)c(C)c1. The largest absolute Gasteiger partial charge is 0.354 e. The average molecular weight is 584 g/mol. The molecule has 0 aromatic heterocycles. The first-order valence-electron chi connectivity index (χ1n) is 13.3. The molecular weight excluding hydrogens is 546 g/mol. The van der Waals surface area contributed by atoms with Gasteiger partial charge in [0.2, 0.25) is 21.8 Å². The van der Waals surface area contributed by atoms with E-state index in [2.05, 4.69) is 5.32 Å². The number of nitrogens with one attached hydrogen (secondary N) is 1. The van der Waals surface area contributed by atoms with Gasteiger partial charge in [0.1, 0.15) is 12.6 Å². The second kappa shape index (κ2) is 13.8. The predicted octanol–water partition coefficient (Wildman–Crippen LogP) is 5.14. The van der Waals surface area contributed by atoms with E-state index in [1.54, 1.807) is 30.3 Å². The molecule has 0 heterocycles. The molecule has 3 aromatic rings. The molecule has 9 heteroatoms. The van der Waals surface area contributed by atoms with Crippen molar-refractivity contribution < 1.29 is 18.0 Å². The summed E-state index contributed by atoms with van der Waals surface area (Å²) in [4.78, 5) is 29.2. The van der Waals surface area contributed by atoms with Crippen LogP contribution < -0.4 is 9.62 Å². The first-order chi connectivity index (χ1) is 18.8. The standard InChI is InChI=1S/C31H38ClN3O4S/c1-22(2)19-33-31(37)29(18-25-9-7-6-8-10-25)34(20-26-12-14-27(32)15-13-26)30(36)21-35(40(5,38)39)28-16-11-23(3)17-24(28)4/h6-17,22,29H,18-21H2,1-5H3,(H,33,37). The summed E-state index contributed by atoms with van der Waals surface area (Å²) in [6.07, 6.45) is 1.35. The van der Waals surface area contributed by atoms with E-state index in [1.165, 1.54) is 4.90 Å². The Balaban J connectivity index is 2.06. The fourth-order valence-corrected chi connectivity index (χ4v) is 5.48. The number of aryl methyl sites for hydroxylation is 2. The maximum Gasteiger partial charge on any atom is 0.244 e. The van der Waals surface area contributed by atoms with E-state index in [4.69, 9.17) is 11.6 Å². The van der Waals surface area contributed by atoms with Gasteiger partial charge in [-0.25, -0.2) is 8.42 Å². The number of hydrogen-bond acceptors (Lipinski definition) is 4. The quantitative estimate of drug-likeness (QED) is 0.320. The van der Waals surface area contributed by atoms with Crippen molar-refractivity contribution in [2.24, 2.45) is 5.92 Å². The van der Waals surface area contributed by atoms with Gasteiger partial charge in [-0.05, 0) is 54.7 Å². The number of halogens is 1. The average Bonchev–Trinajstić information content (AvgIpc) is 2.89. The van der Waals surface area contributed by atoms with Crippen LogP contribution in [0.25, 0.3) is 0 Å². The van der Waals surface area contributed by atoms with Crippen LogP contribution in [0.2, 0.25) is 5.02 Å². The Kier molecular flexibility index (Phi) is 10.8. The van der Waals surface area contributed by atoms with E-state index in [1.807, 2.05) is 70.2 Å². The summed E-state index contributed by atoms with van der Waals surface area (Å²) in [5.74, 6) is -0.565. The van der Waals surface area contributed by atoms with E-state index < -0.39 is 28.5 Å². The maximum absolute atomic E-state index is 14.1. The number of carbonyl (C=O) groups is 2. The minimum absolute atomic E-state index is 0.104. The van der Waals surface area contributed by atoms with Crippen LogP contribution in [0.1, 0.15) is 36.1 Å². The van der Waals surface area contributed by atoms with Crippen LogP contribution in [0.5, 0.6) is 0 Å². The number of sulfonamides is 1. The van der Waals surface area contributed by atoms with Gasteiger partial charge in [0, 0.05) is 24.5 Å². The van der Waals surface area contributed by atoms with Crippen molar-refractivity contribution in [3.8, 4) is 0 Å². The summed E-state index contributed by atoms with van der Waals surface area (Å²) < 4.78 is 27.0. The van der Waals surface area contributed by atoms with Gasteiger partial charge in [0.05, 0.1) is 11.9 Å². The molecule has 0 bridgehead atoms. The number of benzene rings is 3. The number of amides is 2. The summed E-state index contributed by atoms with van der Waals surface area (Å²) in [6.45, 7) is 7.84. The zero-order chi connectivity index (χ0) is 29.4. The van der Waals surface area contributed by atoms with E-state index in [9.17, 15) is 18.0 Å². The topological polar surface area (TPSA) is 86.8 Å². The van der Waals surface area contributed by atoms with Crippen LogP contribution in [0.3, 0.4) is 0 Å². The summed E-state index contributed by atoms with van der Waals surface area (Å²) in [5.41, 5.74) is 3.80. The van der Waals surface area contributed by atoms with Crippen LogP contribution in [-0.2, 0) is 32.6 Å². The summed E-state index contributed by atoms with van der Waals surface area (Å²) in [6, 6.07) is 21.1. The summed E-state index contributed by atoms with van der Waals surface area (Å²) in [5, 5.41) is 3.53. The molecule has 40 heavy (non-hydrogen) atoms. The molecule has 0 saturated heterocycles. The molecular formula is C31H38ClN3O4S. The Hall–Kier alpha value is -3.36. The van der Waals surface area contributed by atoms with Crippen LogP contribution in [0.4, 0.5) is 5.69 Å². The Labute approximate surface area is 243 Å². The van der Waals surface area contributed by atoms with Gasteiger partial charge >= 0.3 is 0 Å². The first kappa shape index (κ1) is 31.2. The molecule has 0 aliphatic rings. The zero-order valence-electron chi connectivity index (χ0n) is 23.7. The third-order valence-electron chi connectivity index (χ3n) is 6.52. The minimum atomic E-state index is -3.82. The van der Waals surface area contributed by atoms with Crippen LogP contribution in [0, 0.1) is 19.8 Å². The van der Waals surface area contributed by atoms with Crippen molar-refractivity contribution in [3.63, 3.8) is 0 Å². The molecule has 1 unspecified atom stereocenters. The molecule has 0 radical (unpaired) electrons. The predicted molar refractivity (Wildman–Crippen MR) is 162 cm³/mol. The van der Waals surface area contributed by atoms with Crippen molar-refractivity contribution in [2.45, 2.75) is 46.7 Å². The van der Waals surface area contributed by atoms with E-state index in [0.29, 0.717) is 17.3 Å². The summed E-state index contributed by atoms with van der Waals surface area (Å²) >= 11 is 6.10. The number of hydrogen-bond donors (Lipinski definition) is 1. The van der Waals surface area contributed by atoms with Gasteiger partial charge in [-0.3, -0.25) is 13.9 Å². The third-order valence-corrected chi connectivity index (χ3v) is 7.90. The molecule has 0 spiro atoms. The van der Waals surface area contributed by atoms with Crippen molar-refractivity contribution in [1.82, 2.24) is 10.2 Å². The molecule has 214 valence electrons. The van der Waals surface area contributed by atoms with Crippen molar-refractivity contribution in [3.05, 3.63) is 100 Å². The van der Waals surface area contributed by atoms with Gasteiger partial charge in [0.15, 0.2) is 0 Å². The molecule has 0 aliphatic heterocycles. The molecule has 3 aromatic carbocycles. The molecule has 0 aliphatic carbocycles. The zero-order valence-corrected chi connectivity index (χ0v) is 25.3. The van der Waals surface area contributed by atoms with Crippen LogP contribution >= 0.6 is 11.6 Å². The molecule has 3 rings (SSSR count). The number of anilines is 1. The Morgan fingerprint density at radius 2 is 1.57 bits per heavy atom. The molecule has 0 saturated carbocycles. The minimum Gasteiger partial charge on any atom is -0.354 e. The molecule has 7 nitrogen and oxygen atoms in total. The second-order valence-electron chi connectivity index (χ2n) is 10.6. The highest BCUT2D eigenvalue weighted by atomic mass is 35.5. The monoisotopic (exact) mass is 583 g/mol. The molecule has 2 amide bonds. The lowest BCUT2D eigenvalue weighted by atomic mass is 10.0. The van der Waals surface area contributed by atoms with Crippen LogP contribution in [0.15, 0.2) is 72.8 Å². The van der Waals surface area contributed by atoms with Crippen LogP contribution in [-0.4, -0.2) is 50.5 Å². The Morgan fingerprint density at radius 1 is 0.925 bits per heavy atom. The number of carbonyl (C=O) groups excluding carboxylic acids is 2. The van der Waals surface area contributed by atoms with E-state index in [0.717, 1.165) is 32.8 Å². The number of nitrogens with zero attached hydrogens (tertiary/aromatic N) is 2. The van der Waals surface area contributed by atoms with E-state index >= 15 is 0 Å². The van der Waals surface area contributed by atoms with Gasteiger partial charge in [-0.2, -0.15) is 0 Å². The van der Waals surface area contributed by atoms with Gasteiger partial charge < -0.3 is 10.2 Å². The van der Waals surface area contributed by atoms with Gasteiger partial charge in [-0.15, -0.1) is 0 Å². The Bertz CT molecular complexity index is 1410. The number of rotatable bonds is 12. The maximum atomic E-state index is 14.1. The fourth-order valence-electron chi connectivity index (χ4n) is 4.44.